The SMILES string of the molecule is Cc1nnn(C)c1-c1ccc2nc(C#N)n(C(c3ccccn3)c3ccccn3)c2c1. The lowest BCUT2D eigenvalue weighted by Crippen LogP contribution is -2.16. The zero-order chi connectivity index (χ0) is 21.4. The lowest BCUT2D eigenvalue weighted by molar-refractivity contribution is 0.649. The number of rotatable bonds is 4. The fourth-order valence-electron chi connectivity index (χ4n) is 3.93. The number of benzene rings is 1. The maximum absolute atomic E-state index is 9.91. The van der Waals surface area contributed by atoms with Gasteiger partial charge in [-0.1, -0.05) is 23.4 Å². The van der Waals surface area contributed by atoms with Crippen molar-refractivity contribution >= 4 is 11.0 Å². The quantitative estimate of drug-likeness (QED) is 0.453. The van der Waals surface area contributed by atoms with Gasteiger partial charge in [-0.3, -0.25) is 9.97 Å². The topological polar surface area (TPSA) is 98.1 Å². The van der Waals surface area contributed by atoms with E-state index in [1.54, 1.807) is 17.1 Å². The summed E-state index contributed by atoms with van der Waals surface area (Å²) in [4.78, 5) is 13.7. The lowest BCUT2D eigenvalue weighted by Gasteiger charge is -2.20. The first-order valence-corrected chi connectivity index (χ1v) is 9.78. The molecular weight excluding hydrogens is 388 g/mol. The van der Waals surface area contributed by atoms with Crippen molar-refractivity contribution in [1.29, 1.82) is 5.26 Å². The highest BCUT2D eigenvalue weighted by molar-refractivity contribution is 5.83. The number of fused-ring (bicyclic) bond motifs is 1. The Hall–Kier alpha value is -4.38. The van der Waals surface area contributed by atoms with Crippen LogP contribution in [0.1, 0.15) is 28.9 Å². The van der Waals surface area contributed by atoms with Crippen LogP contribution in [-0.2, 0) is 7.05 Å². The molecule has 8 nitrogen and oxygen atoms in total. The lowest BCUT2D eigenvalue weighted by atomic mass is 10.1. The van der Waals surface area contributed by atoms with Gasteiger partial charge in [0, 0.05) is 25.0 Å². The van der Waals surface area contributed by atoms with Crippen LogP contribution in [0.25, 0.3) is 22.3 Å². The summed E-state index contributed by atoms with van der Waals surface area (Å²) in [7, 11) is 1.86. The summed E-state index contributed by atoms with van der Waals surface area (Å²) in [6.07, 6.45) is 3.49. The maximum Gasteiger partial charge on any atom is 0.214 e. The molecule has 5 aromatic rings. The molecule has 0 fully saturated rings. The van der Waals surface area contributed by atoms with E-state index in [0.717, 1.165) is 39.4 Å². The van der Waals surface area contributed by atoms with Gasteiger partial charge in [0.25, 0.3) is 0 Å². The first kappa shape index (κ1) is 18.6. The summed E-state index contributed by atoms with van der Waals surface area (Å²) < 4.78 is 3.65. The molecule has 1 aromatic carbocycles. The van der Waals surface area contributed by atoms with E-state index >= 15 is 0 Å². The Morgan fingerprint density at radius 3 is 2.23 bits per heavy atom. The summed E-state index contributed by atoms with van der Waals surface area (Å²) in [5.41, 5.74) is 5.80. The van der Waals surface area contributed by atoms with Crippen LogP contribution in [-0.4, -0.2) is 34.5 Å². The predicted octanol–water partition coefficient (Wildman–Crippen LogP) is 3.44. The number of imidazole rings is 1. The molecule has 150 valence electrons. The Morgan fingerprint density at radius 2 is 1.68 bits per heavy atom. The Labute approximate surface area is 178 Å². The molecule has 0 spiro atoms. The highest BCUT2D eigenvalue weighted by atomic mass is 15.4. The Bertz CT molecular complexity index is 1350. The minimum absolute atomic E-state index is 0.299. The summed E-state index contributed by atoms with van der Waals surface area (Å²) in [6.45, 7) is 1.93. The molecule has 0 aliphatic carbocycles. The number of aryl methyl sites for hydroxylation is 2. The fraction of sp³-hybridized carbons (Fsp3) is 0.130. The third-order valence-corrected chi connectivity index (χ3v) is 5.25. The number of pyridine rings is 2. The van der Waals surface area contributed by atoms with Gasteiger partial charge < -0.3 is 4.57 Å². The van der Waals surface area contributed by atoms with Crippen molar-refractivity contribution < 1.29 is 0 Å². The third kappa shape index (κ3) is 3.13. The standard InChI is InChI=1S/C23H18N8/c1-15-22(30(2)29-28-15)16-9-10-17-20(13-16)31(21(14-24)27-17)23(18-7-3-5-11-25-18)19-8-4-6-12-26-19/h3-13,23H,1-2H3. The van der Waals surface area contributed by atoms with Crippen LogP contribution in [0.4, 0.5) is 0 Å². The van der Waals surface area contributed by atoms with Gasteiger partial charge in [-0.15, -0.1) is 5.10 Å². The molecule has 4 heterocycles. The number of hydrogen-bond acceptors (Lipinski definition) is 6. The molecule has 0 radical (unpaired) electrons. The van der Waals surface area contributed by atoms with E-state index < -0.39 is 6.04 Å². The largest absolute Gasteiger partial charge is 0.301 e. The highest BCUT2D eigenvalue weighted by Gasteiger charge is 2.25. The molecule has 31 heavy (non-hydrogen) atoms. The van der Waals surface area contributed by atoms with Gasteiger partial charge >= 0.3 is 0 Å². The van der Waals surface area contributed by atoms with Crippen LogP contribution >= 0.6 is 0 Å². The molecule has 0 bridgehead atoms. The van der Waals surface area contributed by atoms with Crippen LogP contribution in [0.5, 0.6) is 0 Å². The summed E-state index contributed by atoms with van der Waals surface area (Å²) in [5, 5.41) is 18.2. The first-order chi connectivity index (χ1) is 15.2. The number of nitriles is 1. The van der Waals surface area contributed by atoms with Gasteiger partial charge in [0.05, 0.1) is 33.8 Å². The van der Waals surface area contributed by atoms with Gasteiger partial charge in [-0.05, 0) is 43.3 Å². The second-order valence-corrected chi connectivity index (χ2v) is 7.18. The van der Waals surface area contributed by atoms with E-state index in [1.165, 1.54) is 0 Å². The Morgan fingerprint density at radius 1 is 0.968 bits per heavy atom. The molecule has 0 N–H and O–H groups in total. The average molecular weight is 406 g/mol. The van der Waals surface area contributed by atoms with Crippen molar-refractivity contribution in [3.8, 4) is 17.3 Å². The zero-order valence-corrected chi connectivity index (χ0v) is 17.0. The summed E-state index contributed by atoms with van der Waals surface area (Å²) >= 11 is 0. The van der Waals surface area contributed by atoms with E-state index in [9.17, 15) is 5.26 Å². The van der Waals surface area contributed by atoms with Gasteiger partial charge in [-0.2, -0.15) is 5.26 Å². The highest BCUT2D eigenvalue weighted by Crippen LogP contribution is 2.32. The zero-order valence-electron chi connectivity index (χ0n) is 17.0. The van der Waals surface area contributed by atoms with Gasteiger partial charge in [0.15, 0.2) is 0 Å². The predicted molar refractivity (Wildman–Crippen MR) is 115 cm³/mol. The van der Waals surface area contributed by atoms with Gasteiger partial charge in [-0.25, -0.2) is 9.67 Å². The first-order valence-electron chi connectivity index (χ1n) is 9.78. The van der Waals surface area contributed by atoms with E-state index in [1.807, 2.05) is 73.1 Å². The van der Waals surface area contributed by atoms with Crippen LogP contribution in [0, 0.1) is 18.3 Å². The van der Waals surface area contributed by atoms with Gasteiger partial charge in [0.2, 0.25) is 5.82 Å². The number of hydrogen-bond donors (Lipinski definition) is 0. The smallest absolute Gasteiger partial charge is 0.214 e. The average Bonchev–Trinajstić information content (AvgIpc) is 3.34. The van der Waals surface area contributed by atoms with E-state index in [-0.39, 0.29) is 0 Å². The van der Waals surface area contributed by atoms with Crippen LogP contribution in [0.3, 0.4) is 0 Å². The molecule has 0 atom stereocenters. The fourth-order valence-corrected chi connectivity index (χ4v) is 3.93. The van der Waals surface area contributed by atoms with Crippen LogP contribution in [0.15, 0.2) is 67.0 Å². The molecule has 0 amide bonds. The van der Waals surface area contributed by atoms with Gasteiger partial charge in [0.1, 0.15) is 12.1 Å². The monoisotopic (exact) mass is 406 g/mol. The van der Waals surface area contributed by atoms with Crippen molar-refractivity contribution in [3.63, 3.8) is 0 Å². The van der Waals surface area contributed by atoms with Crippen molar-refractivity contribution in [2.45, 2.75) is 13.0 Å². The number of nitrogens with zero attached hydrogens (tertiary/aromatic N) is 8. The molecule has 0 aliphatic heterocycles. The summed E-state index contributed by atoms with van der Waals surface area (Å²) in [6, 6.07) is 19.2. The minimum atomic E-state index is -0.400. The molecule has 4 aromatic heterocycles. The molecule has 8 heteroatoms. The molecule has 0 aliphatic rings. The van der Waals surface area contributed by atoms with Crippen molar-refractivity contribution in [2.75, 3.05) is 0 Å². The number of aromatic nitrogens is 7. The molecule has 5 rings (SSSR count). The Balaban J connectivity index is 1.81. The van der Waals surface area contributed by atoms with Crippen LogP contribution in [0.2, 0.25) is 0 Å². The second kappa shape index (κ2) is 7.46. The van der Waals surface area contributed by atoms with Crippen LogP contribution < -0.4 is 0 Å². The molecule has 0 saturated carbocycles. The molecule has 0 saturated heterocycles. The van der Waals surface area contributed by atoms with Crippen molar-refractivity contribution in [3.05, 3.63) is 89.9 Å². The van der Waals surface area contributed by atoms with E-state index in [2.05, 4.69) is 31.3 Å². The normalized spacial score (nSPS) is 11.2. The Kier molecular flexibility index (Phi) is 4.49. The van der Waals surface area contributed by atoms with E-state index in [0.29, 0.717) is 5.82 Å². The summed E-state index contributed by atoms with van der Waals surface area (Å²) in [5.74, 6) is 0.299. The maximum atomic E-state index is 9.91. The van der Waals surface area contributed by atoms with E-state index in [4.69, 9.17) is 0 Å². The molecule has 0 unspecified atom stereocenters. The third-order valence-electron chi connectivity index (χ3n) is 5.25. The molecular formula is C23H18N8. The van der Waals surface area contributed by atoms with Crippen molar-refractivity contribution in [2.24, 2.45) is 7.05 Å². The minimum Gasteiger partial charge on any atom is -0.301 e. The second-order valence-electron chi connectivity index (χ2n) is 7.18. The van der Waals surface area contributed by atoms with Crippen molar-refractivity contribution in [1.82, 2.24) is 34.5 Å².